The topological polar surface area (TPSA) is 42.9 Å². The molecule has 2 rings (SSSR count). The van der Waals surface area contributed by atoms with Gasteiger partial charge >= 0.3 is 0 Å². The van der Waals surface area contributed by atoms with Crippen LogP contribution >= 0.6 is 0 Å². The van der Waals surface area contributed by atoms with E-state index in [1.165, 1.54) is 5.69 Å². The number of nitrogens with one attached hydrogen (secondary N) is 2. The van der Waals surface area contributed by atoms with E-state index in [1.807, 2.05) is 55.7 Å². The highest BCUT2D eigenvalue weighted by atomic mass is 15.4. The number of rotatable bonds is 11. The van der Waals surface area contributed by atoms with Gasteiger partial charge in [0.05, 0.1) is 11.9 Å². The van der Waals surface area contributed by atoms with Crippen molar-refractivity contribution in [1.29, 1.82) is 0 Å². The first kappa shape index (κ1) is 22.8. The van der Waals surface area contributed by atoms with E-state index in [1.54, 1.807) is 6.21 Å². The van der Waals surface area contributed by atoms with E-state index < -0.39 is 0 Å². The summed E-state index contributed by atoms with van der Waals surface area (Å²) in [6.45, 7) is 10.3. The number of hydrazone groups is 1. The summed E-state index contributed by atoms with van der Waals surface area (Å²) in [5, 5.41) is 12.6. The number of allylic oxidation sites excluding steroid dienone is 4. The van der Waals surface area contributed by atoms with Crippen molar-refractivity contribution in [3.8, 4) is 0 Å². The molecule has 0 fully saturated rings. The molecule has 0 spiro atoms. The van der Waals surface area contributed by atoms with E-state index >= 15 is 0 Å². The molecule has 2 aromatic rings. The third-order valence-corrected chi connectivity index (χ3v) is 4.61. The predicted molar refractivity (Wildman–Crippen MR) is 133 cm³/mol. The van der Waals surface area contributed by atoms with Gasteiger partial charge < -0.3 is 15.5 Å². The van der Waals surface area contributed by atoms with Crippen molar-refractivity contribution in [3.63, 3.8) is 0 Å². The Morgan fingerprint density at radius 1 is 0.933 bits per heavy atom. The molecule has 0 aliphatic rings. The molecular weight excluding hydrogens is 370 g/mol. The first-order valence-corrected chi connectivity index (χ1v) is 10.3. The van der Waals surface area contributed by atoms with Crippen LogP contribution in [0.15, 0.2) is 90.2 Å². The van der Waals surface area contributed by atoms with Gasteiger partial charge in [-0.1, -0.05) is 18.7 Å². The van der Waals surface area contributed by atoms with Crippen LogP contribution in [0.5, 0.6) is 0 Å². The monoisotopic (exact) mass is 403 g/mol. The second-order valence-corrected chi connectivity index (χ2v) is 6.74. The SMILES string of the molecule is C=C(/C=C\C=C/NC)/C=N/N(C)c1ccc(Nc2ccc(N(CC)CC)cc2)cc1. The standard InChI is InChI=1S/C25H33N5/c1-6-30(7-2)25-17-13-23(14-18-25)28-22-11-15-24(16-12-22)29(5)27-20-21(3)10-8-9-19-26-4/h8-20,26,28H,3,6-7H2,1-2,4-5H3/b10-8-,19-9-,27-20+. The van der Waals surface area contributed by atoms with Gasteiger partial charge in [-0.3, -0.25) is 5.01 Å². The van der Waals surface area contributed by atoms with E-state index in [2.05, 4.69) is 77.5 Å². The van der Waals surface area contributed by atoms with Crippen molar-refractivity contribution in [2.24, 2.45) is 5.10 Å². The lowest BCUT2D eigenvalue weighted by atomic mass is 10.2. The molecule has 0 radical (unpaired) electrons. The molecule has 2 N–H and O–H groups in total. The van der Waals surface area contributed by atoms with Crippen LogP contribution in [0, 0.1) is 0 Å². The van der Waals surface area contributed by atoms with Crippen LogP contribution in [0.3, 0.4) is 0 Å². The highest BCUT2D eigenvalue weighted by Gasteiger charge is 2.03. The molecule has 5 nitrogen and oxygen atoms in total. The van der Waals surface area contributed by atoms with Crippen molar-refractivity contribution in [1.82, 2.24) is 5.32 Å². The highest BCUT2D eigenvalue weighted by Crippen LogP contribution is 2.23. The Kier molecular flexibility index (Phi) is 9.25. The number of hydrogen-bond acceptors (Lipinski definition) is 5. The van der Waals surface area contributed by atoms with Gasteiger partial charge in [0.15, 0.2) is 0 Å². The summed E-state index contributed by atoms with van der Waals surface area (Å²) >= 11 is 0. The molecule has 0 bridgehead atoms. The Morgan fingerprint density at radius 3 is 2.03 bits per heavy atom. The Bertz CT molecular complexity index is 859. The van der Waals surface area contributed by atoms with Crippen LogP contribution in [-0.2, 0) is 0 Å². The molecule has 0 saturated carbocycles. The lowest BCUT2D eigenvalue weighted by molar-refractivity contribution is 0.866. The third kappa shape index (κ3) is 7.17. The van der Waals surface area contributed by atoms with E-state index in [-0.39, 0.29) is 0 Å². The maximum absolute atomic E-state index is 4.44. The lowest BCUT2D eigenvalue weighted by Gasteiger charge is -2.21. The van der Waals surface area contributed by atoms with Gasteiger partial charge in [0.1, 0.15) is 0 Å². The van der Waals surface area contributed by atoms with Crippen LogP contribution in [0.25, 0.3) is 0 Å². The zero-order valence-electron chi connectivity index (χ0n) is 18.5. The van der Waals surface area contributed by atoms with Crippen molar-refractivity contribution in [3.05, 3.63) is 85.1 Å². The minimum atomic E-state index is 0.828. The molecule has 5 heteroatoms. The summed E-state index contributed by atoms with van der Waals surface area (Å²) in [5.41, 5.74) is 5.18. The summed E-state index contributed by atoms with van der Waals surface area (Å²) in [6, 6.07) is 16.7. The molecule has 0 aliphatic heterocycles. The molecule has 0 atom stereocenters. The number of hydrogen-bond donors (Lipinski definition) is 2. The highest BCUT2D eigenvalue weighted by molar-refractivity contribution is 5.82. The van der Waals surface area contributed by atoms with Gasteiger partial charge in [-0.2, -0.15) is 5.10 Å². The second kappa shape index (κ2) is 12.2. The molecule has 0 aromatic heterocycles. The minimum Gasteiger partial charge on any atom is -0.394 e. The van der Waals surface area contributed by atoms with Gasteiger partial charge in [-0.05, 0) is 80.2 Å². The van der Waals surface area contributed by atoms with E-state index in [4.69, 9.17) is 0 Å². The predicted octanol–water partition coefficient (Wildman–Crippen LogP) is 5.54. The molecule has 0 amide bonds. The molecule has 0 heterocycles. The van der Waals surface area contributed by atoms with Crippen molar-refractivity contribution in [2.45, 2.75) is 13.8 Å². The van der Waals surface area contributed by atoms with Gasteiger partial charge in [0.25, 0.3) is 0 Å². The average Bonchev–Trinajstić information content (AvgIpc) is 2.77. The molecule has 0 saturated heterocycles. The third-order valence-electron chi connectivity index (χ3n) is 4.61. The zero-order valence-corrected chi connectivity index (χ0v) is 18.5. The first-order chi connectivity index (χ1) is 14.6. The molecule has 30 heavy (non-hydrogen) atoms. The smallest absolute Gasteiger partial charge is 0.0592 e. The van der Waals surface area contributed by atoms with Crippen LogP contribution in [-0.4, -0.2) is 33.4 Å². The second-order valence-electron chi connectivity index (χ2n) is 6.74. The van der Waals surface area contributed by atoms with E-state index in [9.17, 15) is 0 Å². The summed E-state index contributed by atoms with van der Waals surface area (Å²) < 4.78 is 0. The summed E-state index contributed by atoms with van der Waals surface area (Å²) in [7, 11) is 3.78. The van der Waals surface area contributed by atoms with Crippen LogP contribution < -0.4 is 20.5 Å². The van der Waals surface area contributed by atoms with Crippen LogP contribution in [0.4, 0.5) is 22.7 Å². The van der Waals surface area contributed by atoms with Gasteiger partial charge in [-0.25, -0.2) is 0 Å². The fourth-order valence-corrected chi connectivity index (χ4v) is 2.87. The van der Waals surface area contributed by atoms with Gasteiger partial charge in [0.2, 0.25) is 0 Å². The number of nitrogens with zero attached hydrogens (tertiary/aromatic N) is 3. The quantitative estimate of drug-likeness (QED) is 0.293. The summed E-state index contributed by atoms with van der Waals surface area (Å²) in [5.74, 6) is 0. The van der Waals surface area contributed by atoms with Crippen LogP contribution in [0.2, 0.25) is 0 Å². The Balaban J connectivity index is 1.94. The number of benzene rings is 2. The molecule has 0 aliphatic carbocycles. The Morgan fingerprint density at radius 2 is 1.50 bits per heavy atom. The maximum atomic E-state index is 4.44. The fourth-order valence-electron chi connectivity index (χ4n) is 2.87. The summed E-state index contributed by atoms with van der Waals surface area (Å²) in [4.78, 5) is 2.33. The Labute approximate surface area is 181 Å². The first-order valence-electron chi connectivity index (χ1n) is 10.3. The van der Waals surface area contributed by atoms with Crippen molar-refractivity contribution < 1.29 is 0 Å². The maximum Gasteiger partial charge on any atom is 0.0592 e. The fraction of sp³-hybridized carbons (Fsp3) is 0.240. The van der Waals surface area contributed by atoms with Crippen molar-refractivity contribution >= 4 is 29.0 Å². The van der Waals surface area contributed by atoms with E-state index in [0.717, 1.165) is 35.7 Å². The molecule has 0 unspecified atom stereocenters. The lowest BCUT2D eigenvalue weighted by Crippen LogP contribution is -2.21. The normalized spacial score (nSPS) is 11.3. The zero-order chi connectivity index (χ0) is 21.8. The van der Waals surface area contributed by atoms with E-state index in [0.29, 0.717) is 0 Å². The van der Waals surface area contributed by atoms with Gasteiger partial charge in [-0.15, -0.1) is 0 Å². The van der Waals surface area contributed by atoms with Crippen LogP contribution in [0.1, 0.15) is 13.8 Å². The largest absolute Gasteiger partial charge is 0.394 e. The molecule has 2 aromatic carbocycles. The van der Waals surface area contributed by atoms with Gasteiger partial charge in [0, 0.05) is 44.2 Å². The average molecular weight is 404 g/mol. The molecular formula is C25H33N5. The Hall–Kier alpha value is -3.47. The number of anilines is 4. The van der Waals surface area contributed by atoms with Crippen molar-refractivity contribution in [2.75, 3.05) is 42.4 Å². The minimum absolute atomic E-state index is 0.828. The molecule has 158 valence electrons. The summed E-state index contributed by atoms with van der Waals surface area (Å²) in [6.07, 6.45) is 9.32.